The Hall–Kier alpha value is -0.380. The Morgan fingerprint density at radius 2 is 2.31 bits per heavy atom. The molecule has 1 aromatic heterocycles. The maximum atomic E-state index is 5.97. The van der Waals surface area contributed by atoms with Crippen molar-refractivity contribution in [3.63, 3.8) is 0 Å². The van der Waals surface area contributed by atoms with Crippen molar-refractivity contribution in [2.45, 2.75) is 51.4 Å². The third-order valence-electron chi connectivity index (χ3n) is 3.04. The Bertz CT molecular complexity index is 280. The summed E-state index contributed by atoms with van der Waals surface area (Å²) in [6, 6.07) is 4.26. The first-order valence-electron chi connectivity index (χ1n) is 6.23. The number of nitrogens with one attached hydrogen (secondary N) is 1. The molecule has 1 saturated carbocycles. The maximum absolute atomic E-state index is 5.97. The van der Waals surface area contributed by atoms with E-state index < -0.39 is 0 Å². The summed E-state index contributed by atoms with van der Waals surface area (Å²) in [6.45, 7) is 4.09. The standard InChI is InChI=1S/C13H21NOS/c1-11(15-12-5-2-3-6-12)9-14-10-13-7-4-8-16-13/h4,7-8,11-12,14H,2-3,5-6,9-10H2,1H3. The summed E-state index contributed by atoms with van der Waals surface area (Å²) < 4.78 is 5.97. The number of thiophene rings is 1. The van der Waals surface area contributed by atoms with Crippen LogP contribution in [-0.2, 0) is 11.3 Å². The van der Waals surface area contributed by atoms with Crippen molar-refractivity contribution in [1.82, 2.24) is 5.32 Å². The predicted molar refractivity (Wildman–Crippen MR) is 68.8 cm³/mol. The van der Waals surface area contributed by atoms with Gasteiger partial charge in [-0.05, 0) is 31.2 Å². The quantitative estimate of drug-likeness (QED) is 0.823. The zero-order valence-electron chi connectivity index (χ0n) is 9.95. The smallest absolute Gasteiger partial charge is 0.0675 e. The molecule has 3 heteroatoms. The molecule has 1 atom stereocenters. The molecule has 0 radical (unpaired) electrons. The molecule has 0 aromatic carbocycles. The van der Waals surface area contributed by atoms with Gasteiger partial charge in [-0.3, -0.25) is 0 Å². The van der Waals surface area contributed by atoms with Gasteiger partial charge in [-0.2, -0.15) is 0 Å². The van der Waals surface area contributed by atoms with Gasteiger partial charge in [0.25, 0.3) is 0 Å². The fourth-order valence-electron chi connectivity index (χ4n) is 2.21. The van der Waals surface area contributed by atoms with Crippen LogP contribution in [0, 0.1) is 0 Å². The van der Waals surface area contributed by atoms with Crippen LogP contribution in [0.5, 0.6) is 0 Å². The molecule has 1 aromatic rings. The summed E-state index contributed by atoms with van der Waals surface area (Å²) in [5, 5.41) is 5.57. The molecule has 1 aliphatic rings. The van der Waals surface area contributed by atoms with Gasteiger partial charge in [0.2, 0.25) is 0 Å². The molecule has 1 fully saturated rings. The fourth-order valence-corrected chi connectivity index (χ4v) is 2.89. The summed E-state index contributed by atoms with van der Waals surface area (Å²) in [4.78, 5) is 1.40. The van der Waals surface area contributed by atoms with Gasteiger partial charge in [-0.15, -0.1) is 11.3 Å². The first kappa shape index (κ1) is 12.1. The van der Waals surface area contributed by atoms with Gasteiger partial charge < -0.3 is 10.1 Å². The van der Waals surface area contributed by atoms with Crippen LogP contribution in [0.25, 0.3) is 0 Å². The first-order valence-corrected chi connectivity index (χ1v) is 7.11. The Morgan fingerprint density at radius 1 is 1.50 bits per heavy atom. The summed E-state index contributed by atoms with van der Waals surface area (Å²) in [6.07, 6.45) is 6.08. The van der Waals surface area contributed by atoms with Crippen LogP contribution in [-0.4, -0.2) is 18.8 Å². The third-order valence-corrected chi connectivity index (χ3v) is 3.91. The Morgan fingerprint density at radius 3 is 3.00 bits per heavy atom. The Kier molecular flexibility index (Phi) is 4.82. The highest BCUT2D eigenvalue weighted by Crippen LogP contribution is 2.21. The Labute approximate surface area is 102 Å². The second-order valence-electron chi connectivity index (χ2n) is 4.56. The fraction of sp³-hybridized carbons (Fsp3) is 0.692. The van der Waals surface area contributed by atoms with Crippen LogP contribution >= 0.6 is 11.3 Å². The normalized spacial score (nSPS) is 19.1. The van der Waals surface area contributed by atoms with Crippen molar-refractivity contribution in [3.8, 4) is 0 Å². The summed E-state index contributed by atoms with van der Waals surface area (Å²) in [5.74, 6) is 0. The van der Waals surface area contributed by atoms with E-state index in [1.54, 1.807) is 11.3 Å². The molecule has 1 unspecified atom stereocenters. The van der Waals surface area contributed by atoms with Gasteiger partial charge in [0.1, 0.15) is 0 Å². The van der Waals surface area contributed by atoms with Crippen LogP contribution in [0.3, 0.4) is 0 Å². The van der Waals surface area contributed by atoms with Crippen LogP contribution in [0.15, 0.2) is 17.5 Å². The second-order valence-corrected chi connectivity index (χ2v) is 5.60. The minimum Gasteiger partial charge on any atom is -0.374 e. The topological polar surface area (TPSA) is 21.3 Å². The van der Waals surface area contributed by atoms with Crippen molar-refractivity contribution in [1.29, 1.82) is 0 Å². The average molecular weight is 239 g/mol. The first-order chi connectivity index (χ1) is 7.84. The molecular weight excluding hydrogens is 218 g/mol. The molecule has 1 N–H and O–H groups in total. The number of hydrogen-bond acceptors (Lipinski definition) is 3. The van der Waals surface area contributed by atoms with E-state index in [9.17, 15) is 0 Å². The van der Waals surface area contributed by atoms with Crippen LogP contribution in [0.1, 0.15) is 37.5 Å². The maximum Gasteiger partial charge on any atom is 0.0675 e. The third kappa shape index (κ3) is 3.89. The second kappa shape index (κ2) is 6.38. The lowest BCUT2D eigenvalue weighted by Crippen LogP contribution is -2.29. The van der Waals surface area contributed by atoms with Crippen molar-refractivity contribution < 1.29 is 4.74 Å². The minimum absolute atomic E-state index is 0.336. The largest absolute Gasteiger partial charge is 0.374 e. The van der Waals surface area contributed by atoms with Crippen molar-refractivity contribution >= 4 is 11.3 Å². The number of ether oxygens (including phenoxy) is 1. The van der Waals surface area contributed by atoms with E-state index in [-0.39, 0.29) is 0 Å². The zero-order valence-corrected chi connectivity index (χ0v) is 10.8. The Balaban J connectivity index is 1.58. The lowest BCUT2D eigenvalue weighted by Gasteiger charge is -2.18. The van der Waals surface area contributed by atoms with E-state index in [0.29, 0.717) is 12.2 Å². The highest BCUT2D eigenvalue weighted by molar-refractivity contribution is 7.09. The lowest BCUT2D eigenvalue weighted by molar-refractivity contribution is 0.00301. The van der Waals surface area contributed by atoms with Gasteiger partial charge in [-0.25, -0.2) is 0 Å². The molecular formula is C13H21NOS. The zero-order chi connectivity index (χ0) is 11.2. The molecule has 0 aliphatic heterocycles. The lowest BCUT2D eigenvalue weighted by atomic mass is 10.3. The monoisotopic (exact) mass is 239 g/mol. The van der Waals surface area contributed by atoms with Gasteiger partial charge in [-0.1, -0.05) is 18.9 Å². The van der Waals surface area contributed by atoms with Crippen LogP contribution in [0.4, 0.5) is 0 Å². The van der Waals surface area contributed by atoms with E-state index in [1.807, 2.05) is 0 Å². The average Bonchev–Trinajstić information content (AvgIpc) is 2.90. The summed E-state index contributed by atoms with van der Waals surface area (Å²) >= 11 is 1.80. The summed E-state index contributed by atoms with van der Waals surface area (Å²) in [5.41, 5.74) is 0. The highest BCUT2D eigenvalue weighted by atomic mass is 32.1. The molecule has 1 heterocycles. The predicted octanol–water partition coefficient (Wildman–Crippen LogP) is 3.19. The molecule has 2 nitrogen and oxygen atoms in total. The number of rotatable bonds is 6. The SMILES string of the molecule is CC(CNCc1cccs1)OC1CCCC1. The van der Waals surface area contributed by atoms with E-state index in [4.69, 9.17) is 4.74 Å². The highest BCUT2D eigenvalue weighted by Gasteiger charge is 2.17. The van der Waals surface area contributed by atoms with Crippen molar-refractivity contribution in [2.24, 2.45) is 0 Å². The molecule has 2 rings (SSSR count). The van der Waals surface area contributed by atoms with Crippen molar-refractivity contribution in [3.05, 3.63) is 22.4 Å². The van der Waals surface area contributed by atoms with E-state index in [0.717, 1.165) is 13.1 Å². The molecule has 1 aliphatic carbocycles. The molecule has 0 bridgehead atoms. The van der Waals surface area contributed by atoms with Gasteiger partial charge >= 0.3 is 0 Å². The van der Waals surface area contributed by atoms with Crippen LogP contribution < -0.4 is 5.32 Å². The molecule has 90 valence electrons. The van der Waals surface area contributed by atoms with Gasteiger partial charge in [0, 0.05) is 18.0 Å². The molecule has 0 spiro atoms. The minimum atomic E-state index is 0.336. The van der Waals surface area contributed by atoms with E-state index in [1.165, 1.54) is 30.6 Å². The van der Waals surface area contributed by atoms with E-state index in [2.05, 4.69) is 29.8 Å². The molecule has 0 saturated heterocycles. The number of hydrogen-bond donors (Lipinski definition) is 1. The van der Waals surface area contributed by atoms with Gasteiger partial charge in [0.05, 0.1) is 12.2 Å². The molecule has 16 heavy (non-hydrogen) atoms. The van der Waals surface area contributed by atoms with E-state index >= 15 is 0 Å². The summed E-state index contributed by atoms with van der Waals surface area (Å²) in [7, 11) is 0. The van der Waals surface area contributed by atoms with Gasteiger partial charge in [0.15, 0.2) is 0 Å². The van der Waals surface area contributed by atoms with Crippen LogP contribution in [0.2, 0.25) is 0 Å². The van der Waals surface area contributed by atoms with Crippen molar-refractivity contribution in [2.75, 3.05) is 6.54 Å². The molecule has 0 amide bonds.